The van der Waals surface area contributed by atoms with E-state index in [2.05, 4.69) is 20.8 Å². The molecule has 0 radical (unpaired) electrons. The van der Waals surface area contributed by atoms with E-state index in [0.717, 1.165) is 12.0 Å². The van der Waals surface area contributed by atoms with Crippen molar-refractivity contribution in [2.75, 3.05) is 5.32 Å². The molecule has 126 valence electrons. The first-order valence-electron chi connectivity index (χ1n) is 7.73. The Balaban J connectivity index is 1.96. The predicted molar refractivity (Wildman–Crippen MR) is 90.6 cm³/mol. The molecule has 0 bridgehead atoms. The second kappa shape index (κ2) is 8.05. The van der Waals surface area contributed by atoms with Gasteiger partial charge in [-0.15, -0.1) is 0 Å². The molecule has 1 atom stereocenters. The van der Waals surface area contributed by atoms with Crippen molar-refractivity contribution in [2.45, 2.75) is 26.8 Å². The first kappa shape index (κ1) is 17.4. The Labute approximate surface area is 139 Å². The van der Waals surface area contributed by atoms with Crippen LogP contribution in [0.2, 0.25) is 0 Å². The van der Waals surface area contributed by atoms with Crippen molar-refractivity contribution in [1.29, 1.82) is 0 Å². The van der Waals surface area contributed by atoms with E-state index in [0.29, 0.717) is 5.69 Å². The Kier molecular flexibility index (Phi) is 5.83. The summed E-state index contributed by atoms with van der Waals surface area (Å²) in [4.78, 5) is 34.8. The second-order valence-electron chi connectivity index (χ2n) is 5.49. The van der Waals surface area contributed by atoms with E-state index < -0.39 is 0 Å². The highest BCUT2D eigenvalue weighted by molar-refractivity contribution is 5.93. The van der Waals surface area contributed by atoms with E-state index in [4.69, 9.17) is 0 Å². The van der Waals surface area contributed by atoms with Crippen molar-refractivity contribution in [2.24, 2.45) is 5.92 Å². The van der Waals surface area contributed by atoms with Crippen molar-refractivity contribution >= 4 is 17.5 Å². The number of hydrogen-bond donors (Lipinski definition) is 3. The molecule has 2 rings (SSSR count). The SMILES string of the molecule is CC[C@@H](C)C(=O)Nc1cccc(CNC(=O)c2ccc(=O)[nH]n2)c1. The zero-order valence-electron chi connectivity index (χ0n) is 13.6. The number of aromatic amines is 1. The van der Waals surface area contributed by atoms with Crippen molar-refractivity contribution in [3.05, 3.63) is 58.0 Å². The molecule has 0 saturated carbocycles. The first-order chi connectivity index (χ1) is 11.5. The fourth-order valence-electron chi connectivity index (χ4n) is 1.95. The number of anilines is 1. The fraction of sp³-hybridized carbons (Fsp3) is 0.294. The van der Waals surface area contributed by atoms with Crippen LogP contribution in [0, 0.1) is 5.92 Å². The number of H-pyrrole nitrogens is 1. The number of benzene rings is 1. The Morgan fingerprint density at radius 1 is 1.25 bits per heavy atom. The van der Waals surface area contributed by atoms with Crippen LogP contribution in [0.25, 0.3) is 0 Å². The van der Waals surface area contributed by atoms with Crippen LogP contribution in [-0.4, -0.2) is 22.0 Å². The average Bonchev–Trinajstić information content (AvgIpc) is 2.59. The van der Waals surface area contributed by atoms with Crippen LogP contribution in [0.3, 0.4) is 0 Å². The minimum atomic E-state index is -0.389. The number of rotatable bonds is 6. The van der Waals surface area contributed by atoms with E-state index in [1.807, 2.05) is 26.0 Å². The number of aromatic nitrogens is 2. The maximum absolute atomic E-state index is 12.0. The molecule has 0 saturated heterocycles. The van der Waals surface area contributed by atoms with Crippen LogP contribution in [0.1, 0.15) is 36.3 Å². The molecule has 0 aliphatic carbocycles. The number of carbonyl (C=O) groups is 2. The topological polar surface area (TPSA) is 104 Å². The Bertz CT molecular complexity index is 765. The lowest BCUT2D eigenvalue weighted by atomic mass is 10.1. The second-order valence-corrected chi connectivity index (χ2v) is 5.49. The summed E-state index contributed by atoms with van der Waals surface area (Å²) in [6, 6.07) is 9.87. The summed E-state index contributed by atoms with van der Waals surface area (Å²) in [6.45, 7) is 4.12. The standard InChI is InChI=1S/C17H20N4O3/c1-3-11(2)16(23)19-13-6-4-5-12(9-13)10-18-17(24)14-7-8-15(22)21-20-14/h4-9,11H,3,10H2,1-2H3,(H,18,24)(H,19,23)(H,21,22)/t11-/m1/s1. The van der Waals surface area contributed by atoms with Gasteiger partial charge in [0.1, 0.15) is 5.69 Å². The quantitative estimate of drug-likeness (QED) is 0.750. The minimum Gasteiger partial charge on any atom is -0.347 e. The number of nitrogens with zero attached hydrogens (tertiary/aromatic N) is 1. The molecule has 1 aromatic carbocycles. The smallest absolute Gasteiger partial charge is 0.271 e. The molecule has 2 aromatic rings. The van der Waals surface area contributed by atoms with Gasteiger partial charge in [-0.1, -0.05) is 26.0 Å². The highest BCUT2D eigenvalue weighted by Gasteiger charge is 2.11. The first-order valence-corrected chi connectivity index (χ1v) is 7.73. The molecule has 7 heteroatoms. The highest BCUT2D eigenvalue weighted by atomic mass is 16.2. The van der Waals surface area contributed by atoms with Crippen LogP contribution in [-0.2, 0) is 11.3 Å². The van der Waals surface area contributed by atoms with Crippen LogP contribution in [0.5, 0.6) is 0 Å². The van der Waals surface area contributed by atoms with Crippen molar-refractivity contribution in [3.8, 4) is 0 Å². The summed E-state index contributed by atoms with van der Waals surface area (Å²) in [5.74, 6) is -0.476. The molecular formula is C17H20N4O3. The summed E-state index contributed by atoms with van der Waals surface area (Å²) in [6.07, 6.45) is 0.772. The molecule has 7 nitrogen and oxygen atoms in total. The third-order valence-corrected chi connectivity index (χ3v) is 3.62. The van der Waals surface area contributed by atoms with Crippen LogP contribution in [0.15, 0.2) is 41.2 Å². The molecule has 0 fully saturated rings. The number of hydrogen-bond acceptors (Lipinski definition) is 4. The third kappa shape index (κ3) is 4.77. The van der Waals surface area contributed by atoms with Gasteiger partial charge in [0.15, 0.2) is 0 Å². The van der Waals surface area contributed by atoms with E-state index >= 15 is 0 Å². The largest absolute Gasteiger partial charge is 0.347 e. The Morgan fingerprint density at radius 2 is 2.04 bits per heavy atom. The summed E-state index contributed by atoms with van der Waals surface area (Å²) in [7, 11) is 0. The fourth-order valence-corrected chi connectivity index (χ4v) is 1.95. The number of nitrogens with one attached hydrogen (secondary N) is 3. The van der Waals surface area contributed by atoms with Gasteiger partial charge in [0.2, 0.25) is 5.91 Å². The van der Waals surface area contributed by atoms with Gasteiger partial charge in [-0.3, -0.25) is 14.4 Å². The van der Waals surface area contributed by atoms with Gasteiger partial charge in [-0.25, -0.2) is 5.10 Å². The average molecular weight is 328 g/mol. The van der Waals surface area contributed by atoms with Crippen molar-refractivity contribution in [1.82, 2.24) is 15.5 Å². The van der Waals surface area contributed by atoms with Gasteiger partial charge in [-0.05, 0) is 30.2 Å². The Morgan fingerprint density at radius 3 is 2.71 bits per heavy atom. The molecule has 1 aromatic heterocycles. The number of carbonyl (C=O) groups excluding carboxylic acids is 2. The van der Waals surface area contributed by atoms with Gasteiger partial charge in [0, 0.05) is 24.2 Å². The molecule has 0 spiro atoms. The third-order valence-electron chi connectivity index (χ3n) is 3.62. The normalized spacial score (nSPS) is 11.6. The van der Waals surface area contributed by atoms with E-state index in [1.165, 1.54) is 12.1 Å². The molecule has 0 unspecified atom stereocenters. The van der Waals surface area contributed by atoms with Crippen LogP contribution >= 0.6 is 0 Å². The molecule has 1 heterocycles. The monoisotopic (exact) mass is 328 g/mol. The molecule has 2 amide bonds. The number of amides is 2. The highest BCUT2D eigenvalue weighted by Crippen LogP contribution is 2.13. The van der Waals surface area contributed by atoms with Gasteiger partial charge in [0.25, 0.3) is 11.5 Å². The Hall–Kier alpha value is -2.96. The van der Waals surface area contributed by atoms with Crippen molar-refractivity contribution < 1.29 is 9.59 Å². The van der Waals surface area contributed by atoms with Crippen molar-refractivity contribution in [3.63, 3.8) is 0 Å². The van der Waals surface area contributed by atoms with Crippen LogP contribution < -0.4 is 16.2 Å². The zero-order chi connectivity index (χ0) is 17.5. The molecular weight excluding hydrogens is 308 g/mol. The predicted octanol–water partition coefficient (Wildman–Crippen LogP) is 1.68. The van der Waals surface area contributed by atoms with Gasteiger partial charge >= 0.3 is 0 Å². The van der Waals surface area contributed by atoms with E-state index in [9.17, 15) is 14.4 Å². The molecule has 24 heavy (non-hydrogen) atoms. The maximum atomic E-state index is 12.0. The lowest BCUT2D eigenvalue weighted by Gasteiger charge is -2.11. The van der Waals surface area contributed by atoms with Gasteiger partial charge < -0.3 is 10.6 Å². The molecule has 0 aliphatic rings. The minimum absolute atomic E-state index is 0.0314. The van der Waals surface area contributed by atoms with Crippen LogP contribution in [0.4, 0.5) is 5.69 Å². The van der Waals surface area contributed by atoms with Gasteiger partial charge in [-0.2, -0.15) is 5.10 Å². The summed E-state index contributed by atoms with van der Waals surface area (Å²) < 4.78 is 0. The lowest BCUT2D eigenvalue weighted by molar-refractivity contribution is -0.119. The van der Waals surface area contributed by atoms with Gasteiger partial charge in [0.05, 0.1) is 0 Å². The summed E-state index contributed by atoms with van der Waals surface area (Å²) in [5.41, 5.74) is 1.30. The summed E-state index contributed by atoms with van der Waals surface area (Å²) >= 11 is 0. The maximum Gasteiger partial charge on any atom is 0.271 e. The van der Waals surface area contributed by atoms with E-state index in [1.54, 1.807) is 12.1 Å². The molecule has 3 N–H and O–H groups in total. The molecule has 0 aliphatic heterocycles. The lowest BCUT2D eigenvalue weighted by Crippen LogP contribution is -2.25. The summed E-state index contributed by atoms with van der Waals surface area (Å²) in [5, 5.41) is 11.4. The van der Waals surface area contributed by atoms with E-state index in [-0.39, 0.29) is 35.5 Å². The zero-order valence-corrected chi connectivity index (χ0v) is 13.6.